The molecular formula is C12H20N4O2. The van der Waals surface area contributed by atoms with Crippen molar-refractivity contribution in [3.8, 4) is 0 Å². The second-order valence-electron chi connectivity index (χ2n) is 5.07. The molecule has 2 aliphatic rings. The minimum Gasteiger partial charge on any atom is -0.346 e. The quantitative estimate of drug-likeness (QED) is 0.747. The van der Waals surface area contributed by atoms with Gasteiger partial charge in [-0.25, -0.2) is 5.01 Å². The number of hydrogen-bond donors (Lipinski definition) is 1. The lowest BCUT2D eigenvalue weighted by molar-refractivity contribution is -0.136. The Kier molecular flexibility index (Phi) is 3.38. The molecule has 2 amide bonds. The smallest absolute Gasteiger partial charge is 0.255 e. The van der Waals surface area contributed by atoms with Gasteiger partial charge in [0.05, 0.1) is 5.71 Å². The van der Waals surface area contributed by atoms with Gasteiger partial charge >= 0.3 is 0 Å². The highest BCUT2D eigenvalue weighted by molar-refractivity contribution is 6.13. The summed E-state index contributed by atoms with van der Waals surface area (Å²) in [6.07, 6.45) is 1.44. The van der Waals surface area contributed by atoms with Gasteiger partial charge in [0.2, 0.25) is 5.91 Å². The van der Waals surface area contributed by atoms with E-state index >= 15 is 0 Å². The summed E-state index contributed by atoms with van der Waals surface area (Å²) in [4.78, 5) is 25.2. The van der Waals surface area contributed by atoms with E-state index in [0.717, 1.165) is 18.7 Å². The first-order valence-electron chi connectivity index (χ1n) is 6.26. The highest BCUT2D eigenvalue weighted by Gasteiger charge is 2.50. The number of amides is 2. The van der Waals surface area contributed by atoms with Crippen LogP contribution in [0.2, 0.25) is 0 Å². The van der Waals surface area contributed by atoms with E-state index in [1.807, 2.05) is 0 Å². The summed E-state index contributed by atoms with van der Waals surface area (Å²) in [7, 11) is 3.46. The number of carbonyl (C=O) groups excluding carboxylic acids is 2. The molecule has 0 aromatic rings. The van der Waals surface area contributed by atoms with Crippen LogP contribution >= 0.6 is 0 Å². The largest absolute Gasteiger partial charge is 0.346 e. The molecule has 1 atom stereocenters. The van der Waals surface area contributed by atoms with Crippen molar-refractivity contribution in [1.29, 1.82) is 0 Å². The molecular weight excluding hydrogens is 232 g/mol. The normalized spacial score (nSPS) is 26.9. The van der Waals surface area contributed by atoms with Gasteiger partial charge in [-0.1, -0.05) is 0 Å². The van der Waals surface area contributed by atoms with Crippen molar-refractivity contribution in [2.45, 2.75) is 19.8 Å². The van der Waals surface area contributed by atoms with Crippen LogP contribution in [0.25, 0.3) is 0 Å². The molecule has 0 saturated carbocycles. The van der Waals surface area contributed by atoms with Crippen molar-refractivity contribution < 1.29 is 9.59 Å². The van der Waals surface area contributed by atoms with Gasteiger partial charge in [0.15, 0.2) is 0 Å². The molecule has 2 aliphatic heterocycles. The van der Waals surface area contributed by atoms with Crippen LogP contribution in [-0.4, -0.2) is 61.2 Å². The summed E-state index contributed by atoms with van der Waals surface area (Å²) in [6, 6.07) is 0. The SMILES string of the molecule is CC(=O)N(C)CCC12CNCCC1=NN(C)C2=O. The maximum Gasteiger partial charge on any atom is 0.255 e. The Morgan fingerprint density at radius 3 is 3.00 bits per heavy atom. The van der Waals surface area contributed by atoms with Gasteiger partial charge in [0, 0.05) is 47.1 Å². The highest BCUT2D eigenvalue weighted by Crippen LogP contribution is 2.35. The van der Waals surface area contributed by atoms with Crippen molar-refractivity contribution in [3.63, 3.8) is 0 Å². The number of piperidine rings is 1. The fraction of sp³-hybridized carbons (Fsp3) is 0.750. The number of fused-ring (bicyclic) bond motifs is 1. The fourth-order valence-electron chi connectivity index (χ4n) is 2.59. The van der Waals surface area contributed by atoms with E-state index in [0.29, 0.717) is 19.5 Å². The minimum absolute atomic E-state index is 0.0208. The monoisotopic (exact) mass is 252 g/mol. The zero-order valence-electron chi connectivity index (χ0n) is 11.2. The lowest BCUT2D eigenvalue weighted by Gasteiger charge is -2.34. The van der Waals surface area contributed by atoms with Gasteiger partial charge in [0.1, 0.15) is 5.41 Å². The predicted molar refractivity (Wildman–Crippen MR) is 68.1 cm³/mol. The number of hydrogen-bond acceptors (Lipinski definition) is 4. The van der Waals surface area contributed by atoms with Crippen LogP contribution in [0.4, 0.5) is 0 Å². The summed E-state index contributed by atoms with van der Waals surface area (Å²) in [5.74, 6) is 0.0640. The van der Waals surface area contributed by atoms with Gasteiger partial charge in [-0.15, -0.1) is 0 Å². The van der Waals surface area contributed by atoms with Crippen molar-refractivity contribution in [2.75, 3.05) is 33.7 Å². The van der Waals surface area contributed by atoms with Gasteiger partial charge in [-0.3, -0.25) is 9.59 Å². The summed E-state index contributed by atoms with van der Waals surface area (Å²) >= 11 is 0. The lowest BCUT2D eigenvalue weighted by atomic mass is 9.76. The van der Waals surface area contributed by atoms with Gasteiger partial charge in [-0.2, -0.15) is 5.10 Å². The van der Waals surface area contributed by atoms with E-state index in [1.165, 1.54) is 11.9 Å². The van der Waals surface area contributed by atoms with E-state index in [9.17, 15) is 9.59 Å². The molecule has 1 fully saturated rings. The van der Waals surface area contributed by atoms with E-state index in [-0.39, 0.29) is 11.8 Å². The number of rotatable bonds is 3. The Morgan fingerprint density at radius 1 is 1.61 bits per heavy atom. The Bertz CT molecular complexity index is 407. The molecule has 0 aliphatic carbocycles. The summed E-state index contributed by atoms with van der Waals surface area (Å²) < 4.78 is 0. The van der Waals surface area contributed by atoms with Crippen LogP contribution in [0.1, 0.15) is 19.8 Å². The van der Waals surface area contributed by atoms with Crippen LogP contribution in [0.3, 0.4) is 0 Å². The van der Waals surface area contributed by atoms with Crippen LogP contribution in [0.15, 0.2) is 5.10 Å². The van der Waals surface area contributed by atoms with Crippen LogP contribution in [-0.2, 0) is 9.59 Å². The van der Waals surface area contributed by atoms with Crippen molar-refractivity contribution >= 4 is 17.5 Å². The van der Waals surface area contributed by atoms with Gasteiger partial charge in [0.25, 0.3) is 5.91 Å². The Morgan fingerprint density at radius 2 is 2.33 bits per heavy atom. The number of carbonyl (C=O) groups is 2. The molecule has 2 heterocycles. The number of nitrogens with zero attached hydrogens (tertiary/aromatic N) is 3. The molecule has 0 radical (unpaired) electrons. The van der Waals surface area contributed by atoms with Crippen molar-refractivity contribution in [3.05, 3.63) is 0 Å². The third kappa shape index (κ3) is 2.01. The Balaban J connectivity index is 2.14. The summed E-state index contributed by atoms with van der Waals surface area (Å²) in [5, 5.41) is 9.05. The molecule has 0 aromatic carbocycles. The molecule has 1 N–H and O–H groups in total. The standard InChI is InChI=1S/C12H20N4O2/c1-9(17)15(2)7-5-12-8-13-6-4-10(12)14-16(3)11(12)18/h13H,4-8H2,1-3H3. The van der Waals surface area contributed by atoms with E-state index < -0.39 is 5.41 Å². The predicted octanol–water partition coefficient (Wildman–Crippen LogP) is -0.337. The topological polar surface area (TPSA) is 65.0 Å². The molecule has 1 saturated heterocycles. The zero-order chi connectivity index (χ0) is 13.3. The number of nitrogens with one attached hydrogen (secondary N) is 1. The average molecular weight is 252 g/mol. The van der Waals surface area contributed by atoms with Crippen molar-refractivity contribution in [1.82, 2.24) is 15.2 Å². The first kappa shape index (κ1) is 13.0. The zero-order valence-corrected chi connectivity index (χ0v) is 11.2. The molecule has 0 bridgehead atoms. The molecule has 1 unspecified atom stereocenters. The van der Waals surface area contributed by atoms with E-state index in [2.05, 4.69) is 10.4 Å². The molecule has 0 aromatic heterocycles. The average Bonchev–Trinajstić information content (AvgIpc) is 2.60. The second-order valence-corrected chi connectivity index (χ2v) is 5.07. The molecule has 2 rings (SSSR count). The Labute approximate surface area is 107 Å². The summed E-state index contributed by atoms with van der Waals surface area (Å²) in [5.41, 5.74) is 0.433. The number of hydrazone groups is 1. The van der Waals surface area contributed by atoms with E-state index in [1.54, 1.807) is 19.0 Å². The molecule has 18 heavy (non-hydrogen) atoms. The van der Waals surface area contributed by atoms with Gasteiger partial charge < -0.3 is 10.2 Å². The maximum atomic E-state index is 12.3. The third-order valence-electron chi connectivity index (χ3n) is 3.90. The third-order valence-corrected chi connectivity index (χ3v) is 3.90. The first-order valence-corrected chi connectivity index (χ1v) is 6.26. The molecule has 100 valence electrons. The second kappa shape index (κ2) is 4.68. The minimum atomic E-state index is -0.531. The fourth-order valence-corrected chi connectivity index (χ4v) is 2.59. The van der Waals surface area contributed by atoms with Crippen LogP contribution < -0.4 is 5.32 Å². The van der Waals surface area contributed by atoms with Crippen LogP contribution in [0.5, 0.6) is 0 Å². The summed E-state index contributed by atoms with van der Waals surface area (Å²) in [6.45, 7) is 3.61. The van der Waals surface area contributed by atoms with Gasteiger partial charge in [-0.05, 0) is 6.42 Å². The first-order chi connectivity index (χ1) is 8.47. The molecule has 0 spiro atoms. The molecule has 6 nitrogen and oxygen atoms in total. The van der Waals surface area contributed by atoms with Crippen molar-refractivity contribution in [2.24, 2.45) is 10.5 Å². The lowest BCUT2D eigenvalue weighted by Crippen LogP contribution is -2.52. The van der Waals surface area contributed by atoms with Crippen LogP contribution in [0, 0.1) is 5.41 Å². The van der Waals surface area contributed by atoms with E-state index in [4.69, 9.17) is 0 Å². The maximum absolute atomic E-state index is 12.3. The Hall–Kier alpha value is -1.43. The highest BCUT2D eigenvalue weighted by atomic mass is 16.2. The molecule has 6 heteroatoms.